The van der Waals surface area contributed by atoms with Gasteiger partial charge in [-0.05, 0) is 42.5 Å². The van der Waals surface area contributed by atoms with Gasteiger partial charge in [-0.1, -0.05) is 34.8 Å². The van der Waals surface area contributed by atoms with Crippen LogP contribution in [0.1, 0.15) is 6.92 Å². The quantitative estimate of drug-likeness (QED) is 0.566. The first kappa shape index (κ1) is 22.1. The molecule has 3 rings (SSSR count). The molecule has 156 valence electrons. The molecule has 2 N–H and O–H groups in total. The topological polar surface area (TPSA) is 110 Å². The predicted molar refractivity (Wildman–Crippen MR) is 116 cm³/mol. The van der Waals surface area contributed by atoms with Gasteiger partial charge in [0, 0.05) is 12.6 Å². The zero-order valence-electron chi connectivity index (χ0n) is 15.2. The van der Waals surface area contributed by atoms with Crippen LogP contribution in [0.2, 0.25) is 15.1 Å². The lowest BCUT2D eigenvalue weighted by Crippen LogP contribution is -2.21. The molecule has 0 bridgehead atoms. The Bertz CT molecular complexity index is 1290. The summed E-state index contributed by atoms with van der Waals surface area (Å²) in [5, 5.41) is 6.36. The minimum Gasteiger partial charge on any atom is -0.326 e. The first-order chi connectivity index (χ1) is 14.1. The fraction of sp³-hybridized carbons (Fsp3) is 0.0556. The Morgan fingerprint density at radius 3 is 2.30 bits per heavy atom. The zero-order valence-corrected chi connectivity index (χ0v) is 18.3. The Morgan fingerprint density at radius 1 is 1.03 bits per heavy atom. The van der Waals surface area contributed by atoms with E-state index in [0.29, 0.717) is 11.4 Å². The molecule has 12 heteroatoms. The van der Waals surface area contributed by atoms with E-state index in [1.807, 2.05) is 0 Å². The maximum atomic E-state index is 12.7. The fourth-order valence-electron chi connectivity index (χ4n) is 2.45. The minimum atomic E-state index is -3.97. The number of nitrogens with zero attached hydrogens (tertiary/aromatic N) is 2. The molecule has 8 nitrogen and oxygen atoms in total. The van der Waals surface area contributed by atoms with Crippen LogP contribution < -0.4 is 15.6 Å². The lowest BCUT2D eigenvalue weighted by atomic mass is 10.3. The van der Waals surface area contributed by atoms with Gasteiger partial charge in [0.2, 0.25) is 5.91 Å². The highest BCUT2D eigenvalue weighted by molar-refractivity contribution is 7.92. The molecule has 0 aliphatic carbocycles. The van der Waals surface area contributed by atoms with Crippen LogP contribution in [0.3, 0.4) is 0 Å². The molecule has 1 amide bonds. The van der Waals surface area contributed by atoms with E-state index in [1.165, 1.54) is 55.6 Å². The molecule has 0 fully saturated rings. The second-order valence-corrected chi connectivity index (χ2v) is 8.87. The van der Waals surface area contributed by atoms with Crippen LogP contribution >= 0.6 is 34.8 Å². The fourth-order valence-corrected chi connectivity index (χ4v) is 4.06. The summed E-state index contributed by atoms with van der Waals surface area (Å²) in [6, 6.07) is 9.76. The van der Waals surface area contributed by atoms with Crippen molar-refractivity contribution >= 4 is 62.1 Å². The SMILES string of the molecule is CC(=O)Nc1ccc(NS(=O)(=O)c2ccc(-n3ncc(Cl)c(Cl)c3=O)cc2)c(Cl)c1. The Morgan fingerprint density at radius 2 is 1.70 bits per heavy atom. The lowest BCUT2D eigenvalue weighted by Gasteiger charge is -2.12. The molecule has 0 unspecified atom stereocenters. The van der Waals surface area contributed by atoms with E-state index >= 15 is 0 Å². The van der Waals surface area contributed by atoms with E-state index in [-0.39, 0.29) is 31.6 Å². The highest BCUT2D eigenvalue weighted by Crippen LogP contribution is 2.28. The van der Waals surface area contributed by atoms with E-state index in [4.69, 9.17) is 34.8 Å². The third-order valence-electron chi connectivity index (χ3n) is 3.80. The molecule has 2 aromatic carbocycles. The first-order valence-corrected chi connectivity index (χ1v) is 10.8. The zero-order chi connectivity index (χ0) is 22.1. The Hall–Kier alpha value is -2.59. The van der Waals surface area contributed by atoms with Crippen LogP contribution in [-0.4, -0.2) is 24.1 Å². The molecule has 30 heavy (non-hydrogen) atoms. The number of benzene rings is 2. The van der Waals surface area contributed by atoms with Crippen molar-refractivity contribution in [2.75, 3.05) is 10.0 Å². The van der Waals surface area contributed by atoms with Crippen LogP contribution in [-0.2, 0) is 14.8 Å². The average molecular weight is 488 g/mol. The molecular weight excluding hydrogens is 475 g/mol. The van der Waals surface area contributed by atoms with Crippen LogP contribution in [0.15, 0.2) is 58.4 Å². The standard InChI is InChI=1S/C18H13Cl3N4O4S/c1-10(26)23-11-2-7-16(14(19)8-11)24-30(28,29)13-5-3-12(4-6-13)25-18(27)17(21)15(20)9-22-25/h2-9,24H,1H3,(H,23,26). The summed E-state index contributed by atoms with van der Waals surface area (Å²) in [7, 11) is -3.97. The van der Waals surface area contributed by atoms with Crippen molar-refractivity contribution in [1.29, 1.82) is 0 Å². The monoisotopic (exact) mass is 486 g/mol. The summed E-state index contributed by atoms with van der Waals surface area (Å²) in [5.41, 5.74) is 0.232. The summed E-state index contributed by atoms with van der Waals surface area (Å²) < 4.78 is 28.7. The Balaban J connectivity index is 1.86. The summed E-state index contributed by atoms with van der Waals surface area (Å²) in [4.78, 5) is 23.2. The Labute approximate surface area is 186 Å². The average Bonchev–Trinajstić information content (AvgIpc) is 2.68. The van der Waals surface area contributed by atoms with Crippen molar-refractivity contribution in [3.8, 4) is 5.69 Å². The van der Waals surface area contributed by atoms with Gasteiger partial charge < -0.3 is 5.32 Å². The van der Waals surface area contributed by atoms with Gasteiger partial charge in [-0.25, -0.2) is 8.42 Å². The molecule has 0 aliphatic heterocycles. The maximum absolute atomic E-state index is 12.7. The van der Waals surface area contributed by atoms with Crippen molar-refractivity contribution in [2.45, 2.75) is 11.8 Å². The van der Waals surface area contributed by atoms with Crippen LogP contribution in [0.25, 0.3) is 5.69 Å². The van der Waals surface area contributed by atoms with E-state index < -0.39 is 15.6 Å². The Kier molecular flexibility index (Phi) is 6.37. The van der Waals surface area contributed by atoms with Crippen LogP contribution in [0.5, 0.6) is 0 Å². The van der Waals surface area contributed by atoms with Gasteiger partial charge in [0.15, 0.2) is 0 Å². The molecule has 0 radical (unpaired) electrons. The highest BCUT2D eigenvalue weighted by atomic mass is 35.5. The number of rotatable bonds is 5. The number of halogens is 3. The first-order valence-electron chi connectivity index (χ1n) is 8.22. The van der Waals surface area contributed by atoms with Gasteiger partial charge in [-0.3, -0.25) is 14.3 Å². The number of anilines is 2. The third kappa shape index (κ3) is 4.76. The number of aromatic nitrogens is 2. The predicted octanol–water partition coefficient (Wildman–Crippen LogP) is 3.95. The summed E-state index contributed by atoms with van der Waals surface area (Å²) in [6.45, 7) is 1.34. The maximum Gasteiger partial charge on any atom is 0.291 e. The molecule has 0 atom stereocenters. The molecule has 3 aromatic rings. The number of nitrogens with one attached hydrogen (secondary N) is 2. The molecule has 0 saturated carbocycles. The van der Waals surface area contributed by atoms with Gasteiger partial charge in [-0.15, -0.1) is 0 Å². The molecule has 1 heterocycles. The molecular formula is C18H13Cl3N4O4S. The van der Waals surface area contributed by atoms with Gasteiger partial charge in [0.1, 0.15) is 5.02 Å². The van der Waals surface area contributed by atoms with Gasteiger partial charge in [-0.2, -0.15) is 9.78 Å². The van der Waals surface area contributed by atoms with E-state index in [9.17, 15) is 18.0 Å². The van der Waals surface area contributed by atoms with Crippen molar-refractivity contribution in [1.82, 2.24) is 9.78 Å². The van der Waals surface area contributed by atoms with Crippen molar-refractivity contribution in [3.63, 3.8) is 0 Å². The number of sulfonamides is 1. The number of hydrogen-bond acceptors (Lipinski definition) is 5. The second kappa shape index (κ2) is 8.65. The van der Waals surface area contributed by atoms with Crippen molar-refractivity contribution in [2.24, 2.45) is 0 Å². The van der Waals surface area contributed by atoms with Crippen LogP contribution in [0.4, 0.5) is 11.4 Å². The molecule has 0 aliphatic rings. The lowest BCUT2D eigenvalue weighted by molar-refractivity contribution is -0.114. The normalized spacial score (nSPS) is 11.2. The summed E-state index contributed by atoms with van der Waals surface area (Å²) >= 11 is 17.7. The summed E-state index contributed by atoms with van der Waals surface area (Å²) in [5.74, 6) is -0.282. The number of carbonyl (C=O) groups excluding carboxylic acids is 1. The number of carbonyl (C=O) groups is 1. The van der Waals surface area contributed by atoms with Gasteiger partial charge >= 0.3 is 0 Å². The van der Waals surface area contributed by atoms with Crippen molar-refractivity contribution in [3.05, 3.63) is 74.1 Å². The number of amides is 1. The van der Waals surface area contributed by atoms with E-state index in [1.54, 1.807) is 0 Å². The number of hydrogen-bond donors (Lipinski definition) is 2. The highest BCUT2D eigenvalue weighted by Gasteiger charge is 2.17. The molecule has 0 spiro atoms. The van der Waals surface area contributed by atoms with Gasteiger partial charge in [0.25, 0.3) is 15.6 Å². The summed E-state index contributed by atoms with van der Waals surface area (Å²) in [6.07, 6.45) is 1.21. The second-order valence-electron chi connectivity index (χ2n) is 6.00. The van der Waals surface area contributed by atoms with E-state index in [2.05, 4.69) is 15.1 Å². The minimum absolute atomic E-state index is 0.0164. The van der Waals surface area contributed by atoms with Crippen molar-refractivity contribution < 1.29 is 13.2 Å². The van der Waals surface area contributed by atoms with E-state index in [0.717, 1.165) is 4.68 Å². The van der Waals surface area contributed by atoms with Gasteiger partial charge in [0.05, 0.1) is 32.5 Å². The largest absolute Gasteiger partial charge is 0.326 e. The molecule has 0 saturated heterocycles. The molecule has 1 aromatic heterocycles. The third-order valence-corrected chi connectivity index (χ3v) is 6.24. The smallest absolute Gasteiger partial charge is 0.291 e. The van der Waals surface area contributed by atoms with Crippen LogP contribution in [0, 0.1) is 0 Å².